The van der Waals surface area contributed by atoms with E-state index in [9.17, 15) is 4.79 Å². The first-order valence-electron chi connectivity index (χ1n) is 5.41. The maximum Gasteiger partial charge on any atom is 0.321 e. The third-order valence-corrected chi connectivity index (χ3v) is 4.08. The largest absolute Gasteiger partial charge is 0.457 e. The third kappa shape index (κ3) is 1.35. The van der Waals surface area contributed by atoms with Crippen molar-refractivity contribution in [3.05, 3.63) is 24.3 Å². The monoisotopic (exact) mass is 224 g/mol. The van der Waals surface area contributed by atoms with Crippen molar-refractivity contribution in [2.75, 3.05) is 5.88 Å². The van der Waals surface area contributed by atoms with Gasteiger partial charge in [-0.05, 0) is 30.3 Å². The van der Waals surface area contributed by atoms with Gasteiger partial charge in [-0.25, -0.2) is 0 Å². The van der Waals surface area contributed by atoms with Crippen LogP contribution in [0, 0.1) is 23.7 Å². The molecule has 5 atom stereocenters. The second-order valence-electron chi connectivity index (χ2n) is 4.58. The second-order valence-corrected chi connectivity index (χ2v) is 4.84. The zero-order valence-electron chi connectivity index (χ0n) is 8.30. The van der Waals surface area contributed by atoms with Crippen molar-refractivity contribution in [3.8, 4) is 0 Å². The Morgan fingerprint density at radius 2 is 2.07 bits per heavy atom. The number of hydrogen-bond acceptors (Lipinski definition) is 2. The summed E-state index contributed by atoms with van der Waals surface area (Å²) in [4.78, 5) is 11.2. The summed E-state index contributed by atoms with van der Waals surface area (Å²) in [5.74, 6) is 1.99. The van der Waals surface area contributed by atoms with Crippen LogP contribution in [0.2, 0.25) is 0 Å². The molecule has 0 unspecified atom stereocenters. The molecule has 1 fully saturated rings. The number of fused-ring (bicyclic) bond motifs is 5. The van der Waals surface area contributed by atoms with Crippen molar-refractivity contribution in [2.24, 2.45) is 23.7 Å². The molecule has 0 saturated heterocycles. The van der Waals surface area contributed by atoms with Crippen LogP contribution in [0.3, 0.4) is 0 Å². The lowest BCUT2D eigenvalue weighted by molar-refractivity contribution is -0.146. The molecule has 15 heavy (non-hydrogen) atoms. The summed E-state index contributed by atoms with van der Waals surface area (Å²) in [5.41, 5.74) is 0. The van der Waals surface area contributed by atoms with Crippen molar-refractivity contribution in [1.82, 2.24) is 0 Å². The fourth-order valence-corrected chi connectivity index (χ4v) is 3.36. The average molecular weight is 225 g/mol. The van der Waals surface area contributed by atoms with Gasteiger partial charge in [-0.15, -0.1) is 11.6 Å². The smallest absolute Gasteiger partial charge is 0.321 e. The van der Waals surface area contributed by atoms with E-state index in [1.807, 2.05) is 6.08 Å². The Labute approximate surface area is 93.9 Å². The van der Waals surface area contributed by atoms with Crippen molar-refractivity contribution >= 4 is 17.6 Å². The minimum Gasteiger partial charge on any atom is -0.457 e. The Balaban J connectivity index is 1.75. The van der Waals surface area contributed by atoms with Crippen molar-refractivity contribution in [3.63, 3.8) is 0 Å². The Hall–Kier alpha value is -0.760. The summed E-state index contributed by atoms with van der Waals surface area (Å²) in [7, 11) is 0. The van der Waals surface area contributed by atoms with Gasteiger partial charge in [-0.2, -0.15) is 0 Å². The highest BCUT2D eigenvalue weighted by molar-refractivity contribution is 6.26. The molecule has 3 heteroatoms. The van der Waals surface area contributed by atoms with Crippen LogP contribution in [0.15, 0.2) is 24.3 Å². The number of ether oxygens (including phenoxy) is 1. The Kier molecular flexibility index (Phi) is 2.13. The van der Waals surface area contributed by atoms with Crippen LogP contribution in [-0.2, 0) is 9.53 Å². The summed E-state index contributed by atoms with van der Waals surface area (Å²) in [5, 5.41) is 0. The number of rotatable bonds is 2. The molecule has 0 aromatic rings. The zero-order chi connectivity index (χ0) is 10.4. The lowest BCUT2D eigenvalue weighted by Crippen LogP contribution is -2.29. The van der Waals surface area contributed by atoms with Gasteiger partial charge < -0.3 is 4.74 Å². The molecule has 0 aromatic heterocycles. The summed E-state index contributed by atoms with van der Waals surface area (Å²) >= 11 is 5.44. The highest BCUT2D eigenvalue weighted by Crippen LogP contribution is 2.53. The van der Waals surface area contributed by atoms with E-state index in [0.717, 1.165) is 0 Å². The van der Waals surface area contributed by atoms with Crippen molar-refractivity contribution in [2.45, 2.75) is 12.5 Å². The van der Waals surface area contributed by atoms with E-state index in [4.69, 9.17) is 16.3 Å². The average Bonchev–Trinajstić information content (AvgIpc) is 2.89. The molecule has 3 aliphatic rings. The van der Waals surface area contributed by atoms with E-state index in [-0.39, 0.29) is 18.0 Å². The lowest BCUT2D eigenvalue weighted by Gasteiger charge is -2.25. The minimum absolute atomic E-state index is 0.0406. The predicted molar refractivity (Wildman–Crippen MR) is 57.5 cm³/mol. The number of carbonyl (C=O) groups is 1. The van der Waals surface area contributed by atoms with Crippen LogP contribution in [0.4, 0.5) is 0 Å². The van der Waals surface area contributed by atoms with E-state index in [2.05, 4.69) is 18.2 Å². The Bertz CT molecular complexity index is 348. The number of hydrogen-bond donors (Lipinski definition) is 0. The fourth-order valence-electron chi connectivity index (χ4n) is 3.30. The molecule has 80 valence electrons. The summed E-state index contributed by atoms with van der Waals surface area (Å²) in [6, 6.07) is 0. The molecule has 2 bridgehead atoms. The quantitative estimate of drug-likeness (QED) is 0.408. The van der Waals surface area contributed by atoms with Gasteiger partial charge in [0.2, 0.25) is 0 Å². The molecule has 0 N–H and O–H groups in total. The van der Waals surface area contributed by atoms with Gasteiger partial charge in [-0.3, -0.25) is 4.79 Å². The van der Waals surface area contributed by atoms with Gasteiger partial charge in [0.05, 0.1) is 0 Å². The maximum absolute atomic E-state index is 11.2. The number of esters is 1. The molecule has 0 aromatic carbocycles. The van der Waals surface area contributed by atoms with Crippen LogP contribution >= 0.6 is 11.6 Å². The van der Waals surface area contributed by atoms with Crippen LogP contribution in [0.5, 0.6) is 0 Å². The molecule has 0 spiro atoms. The van der Waals surface area contributed by atoms with E-state index in [0.29, 0.717) is 23.7 Å². The summed E-state index contributed by atoms with van der Waals surface area (Å²) in [6.45, 7) is 0. The highest BCUT2D eigenvalue weighted by atomic mass is 35.5. The van der Waals surface area contributed by atoms with Gasteiger partial charge >= 0.3 is 5.97 Å². The topological polar surface area (TPSA) is 26.3 Å². The number of alkyl halides is 1. The predicted octanol–water partition coefficient (Wildman–Crippen LogP) is 2.15. The standard InChI is InChI=1S/C12H13ClO2/c13-6-11(14)15-10-4-3-9-7-1-2-8(5-7)12(9)10/h1-4,7-10,12H,5-6H2/t7-,8-,9+,10-,12+/m0/s1. The van der Waals surface area contributed by atoms with Gasteiger partial charge in [0.15, 0.2) is 0 Å². The van der Waals surface area contributed by atoms with Crippen LogP contribution < -0.4 is 0 Å². The van der Waals surface area contributed by atoms with Gasteiger partial charge in [0.25, 0.3) is 0 Å². The molecule has 0 amide bonds. The zero-order valence-corrected chi connectivity index (χ0v) is 9.06. The SMILES string of the molecule is O=C(CCl)O[C@H]1C=C[C@H]2[C@H]1[C@H]1C=C[C@H]2C1. The molecule has 3 rings (SSSR count). The van der Waals surface area contributed by atoms with Crippen LogP contribution in [-0.4, -0.2) is 18.0 Å². The van der Waals surface area contributed by atoms with Gasteiger partial charge in [0, 0.05) is 5.92 Å². The second kappa shape index (κ2) is 3.38. The fraction of sp³-hybridized carbons (Fsp3) is 0.583. The van der Waals surface area contributed by atoms with Gasteiger partial charge in [-0.1, -0.05) is 18.2 Å². The molecular weight excluding hydrogens is 212 g/mol. The van der Waals surface area contributed by atoms with E-state index in [1.54, 1.807) is 0 Å². The van der Waals surface area contributed by atoms with Crippen molar-refractivity contribution in [1.29, 1.82) is 0 Å². The van der Waals surface area contributed by atoms with Crippen LogP contribution in [0.1, 0.15) is 6.42 Å². The Morgan fingerprint density at radius 1 is 1.27 bits per heavy atom. The molecular formula is C12H13ClO2. The van der Waals surface area contributed by atoms with Gasteiger partial charge in [0.1, 0.15) is 12.0 Å². The number of allylic oxidation sites excluding steroid dienone is 3. The normalized spacial score (nSPS) is 44.7. The molecule has 0 aliphatic heterocycles. The van der Waals surface area contributed by atoms with Crippen molar-refractivity contribution < 1.29 is 9.53 Å². The lowest BCUT2D eigenvalue weighted by atomic mass is 9.84. The molecule has 0 radical (unpaired) electrons. The first-order valence-corrected chi connectivity index (χ1v) is 5.95. The third-order valence-electron chi connectivity index (χ3n) is 3.86. The molecule has 2 nitrogen and oxygen atoms in total. The minimum atomic E-state index is -0.307. The number of halogens is 1. The molecule has 0 heterocycles. The van der Waals surface area contributed by atoms with E-state index in [1.165, 1.54) is 6.42 Å². The first-order chi connectivity index (χ1) is 7.29. The Morgan fingerprint density at radius 3 is 2.87 bits per heavy atom. The first kappa shape index (κ1) is 9.46. The maximum atomic E-state index is 11.2. The number of carbonyl (C=O) groups excluding carboxylic acids is 1. The molecule has 3 aliphatic carbocycles. The summed E-state index contributed by atoms with van der Waals surface area (Å²) in [6.07, 6.45) is 10.0. The highest BCUT2D eigenvalue weighted by Gasteiger charge is 2.49. The molecule has 1 saturated carbocycles. The summed E-state index contributed by atoms with van der Waals surface area (Å²) < 4.78 is 5.34. The van der Waals surface area contributed by atoms with Crippen LogP contribution in [0.25, 0.3) is 0 Å². The van der Waals surface area contributed by atoms with E-state index < -0.39 is 0 Å². The van der Waals surface area contributed by atoms with E-state index >= 15 is 0 Å².